The molecule has 4 aromatic rings. The number of nitrogens with zero attached hydrogens (tertiary/aromatic N) is 3. The summed E-state index contributed by atoms with van der Waals surface area (Å²) in [5.41, 5.74) is 3.91. The molecule has 0 bridgehead atoms. The van der Waals surface area contributed by atoms with Crippen molar-refractivity contribution in [1.29, 1.82) is 0 Å². The van der Waals surface area contributed by atoms with Crippen LogP contribution in [-0.4, -0.2) is 33.8 Å². The summed E-state index contributed by atoms with van der Waals surface area (Å²) < 4.78 is 27.3. The second-order valence-electron chi connectivity index (χ2n) is 5.51. The van der Waals surface area contributed by atoms with Gasteiger partial charge in [-0.2, -0.15) is 10.2 Å². The Kier molecular flexibility index (Phi) is 3.98. The van der Waals surface area contributed by atoms with Gasteiger partial charge in [-0.25, -0.2) is 8.42 Å². The number of benzene rings is 1. The molecule has 0 aliphatic carbocycles. The van der Waals surface area contributed by atoms with Crippen molar-refractivity contribution in [3.05, 3.63) is 67.4 Å². The summed E-state index contributed by atoms with van der Waals surface area (Å²) in [4.78, 5) is 4.09. The lowest BCUT2D eigenvalue weighted by Crippen LogP contribution is -2.12. The lowest BCUT2D eigenvalue weighted by molar-refractivity contribution is 0.601. The standard InChI is InChI=1S/C17H14N6O2S/c24-26(25,15-9-19-20-10-15)23-14-3-1-2-13(8-14)17-16(11-21-22-17)12-4-6-18-7-5-12/h1-11,23H,(H,19,20)(H,21,22). The molecular formula is C17H14N6O2S. The highest BCUT2D eigenvalue weighted by Gasteiger charge is 2.16. The van der Waals surface area contributed by atoms with Crippen LogP contribution in [0, 0.1) is 0 Å². The molecule has 0 radical (unpaired) electrons. The Hall–Kier alpha value is -3.46. The van der Waals surface area contributed by atoms with Crippen LogP contribution in [0.4, 0.5) is 5.69 Å². The molecule has 3 N–H and O–H groups in total. The molecule has 0 fully saturated rings. The highest BCUT2D eigenvalue weighted by atomic mass is 32.2. The number of aromatic nitrogens is 5. The van der Waals surface area contributed by atoms with Gasteiger partial charge in [0, 0.05) is 35.4 Å². The Balaban J connectivity index is 1.69. The molecule has 0 saturated heterocycles. The molecule has 0 unspecified atom stereocenters. The molecule has 0 spiro atoms. The molecule has 26 heavy (non-hydrogen) atoms. The number of rotatable bonds is 5. The molecule has 0 aliphatic heterocycles. The van der Waals surface area contributed by atoms with Gasteiger partial charge in [0.2, 0.25) is 0 Å². The number of hydrogen-bond donors (Lipinski definition) is 3. The first-order chi connectivity index (χ1) is 12.6. The Bertz CT molecular complexity index is 1120. The van der Waals surface area contributed by atoms with E-state index in [1.165, 1.54) is 12.4 Å². The minimum atomic E-state index is -3.70. The zero-order chi connectivity index (χ0) is 18.0. The monoisotopic (exact) mass is 366 g/mol. The van der Waals surface area contributed by atoms with E-state index in [-0.39, 0.29) is 4.90 Å². The van der Waals surface area contributed by atoms with E-state index in [1.54, 1.807) is 36.8 Å². The van der Waals surface area contributed by atoms with Crippen molar-refractivity contribution in [3.63, 3.8) is 0 Å². The molecule has 9 heteroatoms. The lowest BCUT2D eigenvalue weighted by Gasteiger charge is -2.09. The minimum Gasteiger partial charge on any atom is -0.284 e. The number of nitrogens with one attached hydrogen (secondary N) is 3. The summed E-state index contributed by atoms with van der Waals surface area (Å²) in [7, 11) is -3.70. The van der Waals surface area contributed by atoms with Gasteiger partial charge in [-0.1, -0.05) is 12.1 Å². The Labute approximate surface area is 149 Å². The van der Waals surface area contributed by atoms with Gasteiger partial charge in [0.15, 0.2) is 0 Å². The van der Waals surface area contributed by atoms with E-state index >= 15 is 0 Å². The van der Waals surface area contributed by atoms with E-state index in [2.05, 4.69) is 30.1 Å². The van der Waals surface area contributed by atoms with E-state index in [0.717, 1.165) is 22.4 Å². The average Bonchev–Trinajstić information content (AvgIpc) is 3.34. The van der Waals surface area contributed by atoms with Crippen molar-refractivity contribution in [2.45, 2.75) is 4.90 Å². The maximum atomic E-state index is 12.4. The highest BCUT2D eigenvalue weighted by molar-refractivity contribution is 7.92. The van der Waals surface area contributed by atoms with Gasteiger partial charge in [0.05, 0.1) is 18.1 Å². The Morgan fingerprint density at radius 2 is 1.81 bits per heavy atom. The first-order valence-corrected chi connectivity index (χ1v) is 9.17. The molecule has 0 amide bonds. The molecule has 0 atom stereocenters. The predicted molar refractivity (Wildman–Crippen MR) is 96.7 cm³/mol. The number of pyridine rings is 1. The minimum absolute atomic E-state index is 0.0712. The van der Waals surface area contributed by atoms with E-state index in [0.29, 0.717) is 5.69 Å². The van der Waals surface area contributed by atoms with Crippen molar-refractivity contribution >= 4 is 15.7 Å². The fourth-order valence-corrected chi connectivity index (χ4v) is 3.55. The van der Waals surface area contributed by atoms with Crippen LogP contribution in [-0.2, 0) is 10.0 Å². The van der Waals surface area contributed by atoms with Crippen molar-refractivity contribution in [1.82, 2.24) is 25.4 Å². The molecule has 4 rings (SSSR count). The first kappa shape index (κ1) is 16.0. The fraction of sp³-hybridized carbons (Fsp3) is 0. The zero-order valence-corrected chi connectivity index (χ0v) is 14.2. The van der Waals surface area contributed by atoms with Gasteiger partial charge in [-0.3, -0.25) is 19.9 Å². The largest absolute Gasteiger partial charge is 0.284 e. The van der Waals surface area contributed by atoms with Gasteiger partial charge in [-0.05, 0) is 29.8 Å². The number of sulfonamides is 1. The van der Waals surface area contributed by atoms with E-state index in [9.17, 15) is 8.42 Å². The molecular weight excluding hydrogens is 352 g/mol. The fourth-order valence-electron chi connectivity index (χ4n) is 2.59. The normalized spacial score (nSPS) is 11.4. The van der Waals surface area contributed by atoms with Crippen LogP contribution in [0.3, 0.4) is 0 Å². The van der Waals surface area contributed by atoms with Gasteiger partial charge in [-0.15, -0.1) is 0 Å². The van der Waals surface area contributed by atoms with Crippen LogP contribution >= 0.6 is 0 Å². The van der Waals surface area contributed by atoms with Gasteiger partial charge < -0.3 is 0 Å². The Morgan fingerprint density at radius 1 is 0.962 bits per heavy atom. The molecule has 0 aliphatic rings. The second kappa shape index (κ2) is 6.45. The van der Waals surface area contributed by atoms with Crippen LogP contribution in [0.2, 0.25) is 0 Å². The molecule has 3 heterocycles. The topological polar surface area (TPSA) is 116 Å². The summed E-state index contributed by atoms with van der Waals surface area (Å²) in [6.07, 6.45) is 7.72. The van der Waals surface area contributed by atoms with Crippen molar-refractivity contribution in [2.75, 3.05) is 4.72 Å². The van der Waals surface area contributed by atoms with Crippen LogP contribution < -0.4 is 4.72 Å². The molecule has 130 valence electrons. The van der Waals surface area contributed by atoms with Crippen molar-refractivity contribution < 1.29 is 8.42 Å². The predicted octanol–water partition coefficient (Wildman–Crippen LogP) is 2.66. The summed E-state index contributed by atoms with van der Waals surface area (Å²) in [6.45, 7) is 0. The molecule has 8 nitrogen and oxygen atoms in total. The third kappa shape index (κ3) is 3.07. The van der Waals surface area contributed by atoms with Crippen LogP contribution in [0.5, 0.6) is 0 Å². The van der Waals surface area contributed by atoms with E-state index in [4.69, 9.17) is 0 Å². The smallest absolute Gasteiger partial charge is 0.265 e. The van der Waals surface area contributed by atoms with Crippen molar-refractivity contribution in [2.24, 2.45) is 0 Å². The number of H-pyrrole nitrogens is 2. The Morgan fingerprint density at radius 3 is 2.58 bits per heavy atom. The van der Waals surface area contributed by atoms with E-state index < -0.39 is 10.0 Å². The van der Waals surface area contributed by atoms with Crippen LogP contribution in [0.15, 0.2) is 72.3 Å². The lowest BCUT2D eigenvalue weighted by atomic mass is 10.0. The summed E-state index contributed by atoms with van der Waals surface area (Å²) in [5, 5.41) is 13.3. The number of aromatic amines is 2. The number of anilines is 1. The van der Waals surface area contributed by atoms with Gasteiger partial charge in [0.25, 0.3) is 10.0 Å². The van der Waals surface area contributed by atoms with Gasteiger partial charge >= 0.3 is 0 Å². The maximum Gasteiger partial charge on any atom is 0.265 e. The average molecular weight is 366 g/mol. The van der Waals surface area contributed by atoms with Gasteiger partial charge in [0.1, 0.15) is 4.90 Å². The SMILES string of the molecule is O=S(=O)(Nc1cccc(-c2[nH]ncc2-c2ccncc2)c1)c1cn[nH]c1. The van der Waals surface area contributed by atoms with E-state index in [1.807, 2.05) is 18.2 Å². The quantitative estimate of drug-likeness (QED) is 0.502. The zero-order valence-electron chi connectivity index (χ0n) is 13.4. The molecule has 0 saturated carbocycles. The second-order valence-corrected chi connectivity index (χ2v) is 7.20. The number of hydrogen-bond acceptors (Lipinski definition) is 5. The third-order valence-electron chi connectivity index (χ3n) is 3.82. The van der Waals surface area contributed by atoms with Crippen molar-refractivity contribution in [3.8, 4) is 22.4 Å². The molecule has 3 aromatic heterocycles. The van der Waals surface area contributed by atoms with Crippen LogP contribution in [0.25, 0.3) is 22.4 Å². The van der Waals surface area contributed by atoms with Crippen LogP contribution in [0.1, 0.15) is 0 Å². The highest BCUT2D eigenvalue weighted by Crippen LogP contribution is 2.31. The summed E-state index contributed by atoms with van der Waals surface area (Å²) >= 11 is 0. The maximum absolute atomic E-state index is 12.4. The summed E-state index contributed by atoms with van der Waals surface area (Å²) in [6, 6.07) is 10.9. The first-order valence-electron chi connectivity index (χ1n) is 7.69. The summed E-state index contributed by atoms with van der Waals surface area (Å²) in [5.74, 6) is 0. The third-order valence-corrected chi connectivity index (χ3v) is 5.17. The molecule has 1 aromatic carbocycles.